The first-order chi connectivity index (χ1) is 5.67. The second-order valence-electron chi connectivity index (χ2n) is 4.47. The van der Waals surface area contributed by atoms with E-state index in [1.165, 1.54) is 32.4 Å². The van der Waals surface area contributed by atoms with Crippen LogP contribution in [0.2, 0.25) is 0 Å². The molecule has 2 rings (SSSR count). The van der Waals surface area contributed by atoms with Gasteiger partial charge >= 0.3 is 0 Å². The fourth-order valence-corrected chi connectivity index (χ4v) is 2.94. The number of aliphatic hydroxyl groups excluding tert-OH is 1. The van der Waals surface area contributed by atoms with Crippen LogP contribution in [0.3, 0.4) is 0 Å². The highest BCUT2D eigenvalue weighted by atomic mass is 16.3. The van der Waals surface area contributed by atoms with Crippen molar-refractivity contribution in [3.05, 3.63) is 0 Å². The predicted octanol–water partition coefficient (Wildman–Crippen LogP) is 1.24. The number of fused-ring (bicyclic) bond motifs is 1. The fraction of sp³-hybridized carbons (Fsp3) is 1.00. The van der Waals surface area contributed by atoms with E-state index in [9.17, 15) is 5.11 Å². The molecule has 2 nitrogen and oxygen atoms in total. The Hall–Kier alpha value is -0.0800. The van der Waals surface area contributed by atoms with Crippen LogP contribution in [0.5, 0.6) is 0 Å². The van der Waals surface area contributed by atoms with Crippen LogP contribution >= 0.6 is 0 Å². The second kappa shape index (κ2) is 2.71. The van der Waals surface area contributed by atoms with E-state index in [0.717, 1.165) is 0 Å². The molecule has 0 saturated carbocycles. The summed E-state index contributed by atoms with van der Waals surface area (Å²) in [4.78, 5) is 2.56. The van der Waals surface area contributed by atoms with Gasteiger partial charge in [0.05, 0.1) is 6.10 Å². The molecule has 2 aliphatic rings. The SMILES string of the molecule is CC(O)C(C)C12CCCN1CC2. The van der Waals surface area contributed by atoms with Crippen molar-refractivity contribution in [1.82, 2.24) is 4.90 Å². The summed E-state index contributed by atoms with van der Waals surface area (Å²) in [5.41, 5.74) is 0.397. The van der Waals surface area contributed by atoms with Crippen molar-refractivity contribution < 1.29 is 5.11 Å². The van der Waals surface area contributed by atoms with Crippen LogP contribution < -0.4 is 0 Å². The molecule has 0 amide bonds. The van der Waals surface area contributed by atoms with Crippen molar-refractivity contribution in [2.24, 2.45) is 5.92 Å². The average molecular weight is 169 g/mol. The summed E-state index contributed by atoms with van der Waals surface area (Å²) in [6, 6.07) is 0. The van der Waals surface area contributed by atoms with Crippen molar-refractivity contribution in [3.8, 4) is 0 Å². The third-order valence-electron chi connectivity index (χ3n) is 4.05. The van der Waals surface area contributed by atoms with Gasteiger partial charge in [-0.2, -0.15) is 0 Å². The first-order valence-corrected chi connectivity index (χ1v) is 5.10. The molecular formula is C10H19NO. The van der Waals surface area contributed by atoms with Crippen LogP contribution in [0.25, 0.3) is 0 Å². The van der Waals surface area contributed by atoms with Gasteiger partial charge in [0, 0.05) is 18.0 Å². The Morgan fingerprint density at radius 3 is 2.42 bits per heavy atom. The van der Waals surface area contributed by atoms with Crippen LogP contribution in [0.15, 0.2) is 0 Å². The number of rotatable bonds is 2. The highest BCUT2D eigenvalue weighted by Gasteiger charge is 2.52. The molecule has 0 aliphatic carbocycles. The molecular weight excluding hydrogens is 150 g/mol. The van der Waals surface area contributed by atoms with E-state index in [-0.39, 0.29) is 6.10 Å². The standard InChI is InChI=1S/C10H19NO/c1-8(9(2)12)10-4-3-6-11(10)7-5-10/h8-9,12H,3-7H2,1-2H3. The maximum atomic E-state index is 9.57. The number of hydrogen-bond acceptors (Lipinski definition) is 2. The molecule has 0 aromatic rings. The Morgan fingerprint density at radius 1 is 1.25 bits per heavy atom. The molecule has 12 heavy (non-hydrogen) atoms. The van der Waals surface area contributed by atoms with Crippen LogP contribution in [0.1, 0.15) is 33.1 Å². The summed E-state index contributed by atoms with van der Waals surface area (Å²) in [6.45, 7) is 6.64. The lowest BCUT2D eigenvalue weighted by atomic mass is 9.72. The van der Waals surface area contributed by atoms with Crippen LogP contribution in [-0.4, -0.2) is 34.7 Å². The highest BCUT2D eigenvalue weighted by molar-refractivity contribution is 5.07. The first kappa shape index (κ1) is 8.52. The molecule has 1 N–H and O–H groups in total. The zero-order valence-corrected chi connectivity index (χ0v) is 8.08. The van der Waals surface area contributed by atoms with Crippen molar-refractivity contribution >= 4 is 0 Å². The minimum atomic E-state index is -0.147. The Balaban J connectivity index is 2.10. The summed E-state index contributed by atoms with van der Waals surface area (Å²) in [6.07, 6.45) is 3.79. The topological polar surface area (TPSA) is 23.5 Å². The number of hydrogen-bond donors (Lipinski definition) is 1. The molecule has 0 aromatic heterocycles. The van der Waals surface area contributed by atoms with E-state index < -0.39 is 0 Å². The zero-order chi connectivity index (χ0) is 8.77. The lowest BCUT2D eigenvalue weighted by Crippen LogP contribution is -2.61. The monoisotopic (exact) mass is 169 g/mol. The van der Waals surface area contributed by atoms with E-state index in [1.807, 2.05) is 6.92 Å². The molecule has 0 bridgehead atoms. The van der Waals surface area contributed by atoms with Gasteiger partial charge in [-0.15, -0.1) is 0 Å². The van der Waals surface area contributed by atoms with Crippen molar-refractivity contribution in [3.63, 3.8) is 0 Å². The van der Waals surface area contributed by atoms with Gasteiger partial charge in [0.25, 0.3) is 0 Å². The molecule has 2 fully saturated rings. The van der Waals surface area contributed by atoms with Crippen molar-refractivity contribution in [1.29, 1.82) is 0 Å². The average Bonchev–Trinajstić information content (AvgIpc) is 2.27. The maximum Gasteiger partial charge on any atom is 0.0555 e. The molecule has 2 aliphatic heterocycles. The first-order valence-electron chi connectivity index (χ1n) is 5.10. The molecule has 0 radical (unpaired) electrons. The van der Waals surface area contributed by atoms with E-state index in [0.29, 0.717) is 11.5 Å². The summed E-state index contributed by atoms with van der Waals surface area (Å²) < 4.78 is 0. The smallest absolute Gasteiger partial charge is 0.0555 e. The molecule has 0 aromatic carbocycles. The van der Waals surface area contributed by atoms with E-state index >= 15 is 0 Å². The quantitative estimate of drug-likeness (QED) is 0.672. The second-order valence-corrected chi connectivity index (χ2v) is 4.47. The zero-order valence-electron chi connectivity index (χ0n) is 8.08. The Labute approximate surface area is 74.6 Å². The molecule has 0 spiro atoms. The molecule has 70 valence electrons. The molecule has 2 heterocycles. The summed E-state index contributed by atoms with van der Waals surface area (Å²) in [7, 11) is 0. The van der Waals surface area contributed by atoms with Crippen LogP contribution in [0.4, 0.5) is 0 Å². The number of aliphatic hydroxyl groups is 1. The maximum absolute atomic E-state index is 9.57. The largest absolute Gasteiger partial charge is 0.393 e. The minimum Gasteiger partial charge on any atom is -0.393 e. The highest BCUT2D eigenvalue weighted by Crippen LogP contribution is 2.46. The van der Waals surface area contributed by atoms with Crippen LogP contribution in [0, 0.1) is 5.92 Å². The third-order valence-corrected chi connectivity index (χ3v) is 4.05. The van der Waals surface area contributed by atoms with E-state index in [1.54, 1.807) is 0 Å². The van der Waals surface area contributed by atoms with Gasteiger partial charge in [-0.1, -0.05) is 6.92 Å². The lowest BCUT2D eigenvalue weighted by molar-refractivity contribution is -0.0596. The van der Waals surface area contributed by atoms with Gasteiger partial charge in [-0.05, 0) is 32.7 Å². The van der Waals surface area contributed by atoms with Crippen molar-refractivity contribution in [2.45, 2.75) is 44.8 Å². The molecule has 3 unspecified atom stereocenters. The van der Waals surface area contributed by atoms with Gasteiger partial charge < -0.3 is 5.11 Å². The summed E-state index contributed by atoms with van der Waals surface area (Å²) in [5, 5.41) is 9.57. The molecule has 2 saturated heterocycles. The predicted molar refractivity (Wildman–Crippen MR) is 49.0 cm³/mol. The summed E-state index contributed by atoms with van der Waals surface area (Å²) >= 11 is 0. The number of nitrogens with zero attached hydrogens (tertiary/aromatic N) is 1. The van der Waals surface area contributed by atoms with Gasteiger partial charge in [0.2, 0.25) is 0 Å². The Bertz CT molecular complexity index is 181. The Morgan fingerprint density at radius 2 is 2.00 bits per heavy atom. The van der Waals surface area contributed by atoms with Gasteiger partial charge in [0.1, 0.15) is 0 Å². The Kier molecular flexibility index (Phi) is 1.92. The molecule has 2 heteroatoms. The van der Waals surface area contributed by atoms with E-state index in [2.05, 4.69) is 11.8 Å². The van der Waals surface area contributed by atoms with Crippen LogP contribution in [-0.2, 0) is 0 Å². The van der Waals surface area contributed by atoms with Gasteiger partial charge in [-0.3, -0.25) is 4.90 Å². The summed E-state index contributed by atoms with van der Waals surface area (Å²) in [5.74, 6) is 0.453. The molecule has 3 atom stereocenters. The lowest BCUT2D eigenvalue weighted by Gasteiger charge is -2.53. The third kappa shape index (κ3) is 0.944. The van der Waals surface area contributed by atoms with Gasteiger partial charge in [0.15, 0.2) is 0 Å². The van der Waals surface area contributed by atoms with E-state index in [4.69, 9.17) is 0 Å². The fourth-order valence-electron chi connectivity index (χ4n) is 2.94. The van der Waals surface area contributed by atoms with Crippen molar-refractivity contribution in [2.75, 3.05) is 13.1 Å². The normalized spacial score (nSPS) is 40.2. The minimum absolute atomic E-state index is 0.147. The van der Waals surface area contributed by atoms with Gasteiger partial charge in [-0.25, -0.2) is 0 Å².